The van der Waals surface area contributed by atoms with E-state index >= 15 is 0 Å². The van der Waals surface area contributed by atoms with Crippen molar-refractivity contribution in [1.82, 2.24) is 10.2 Å². The summed E-state index contributed by atoms with van der Waals surface area (Å²) in [5.41, 5.74) is 1.23. The van der Waals surface area contributed by atoms with Crippen molar-refractivity contribution < 1.29 is 4.74 Å². The van der Waals surface area contributed by atoms with E-state index in [2.05, 4.69) is 45.2 Å². The lowest BCUT2D eigenvalue weighted by atomic mass is 10.2. The van der Waals surface area contributed by atoms with Gasteiger partial charge in [0.05, 0.1) is 7.11 Å². The Labute approximate surface area is 133 Å². The maximum absolute atomic E-state index is 5.32. The lowest BCUT2D eigenvalue weighted by molar-refractivity contribution is 0.371. The van der Waals surface area contributed by atoms with Crippen molar-refractivity contribution in [3.05, 3.63) is 24.3 Å². The van der Waals surface area contributed by atoms with Gasteiger partial charge in [-0.2, -0.15) is 0 Å². The molecule has 2 fully saturated rings. The highest BCUT2D eigenvalue weighted by atomic mass is 16.5. The number of anilines is 1. The van der Waals surface area contributed by atoms with Gasteiger partial charge in [0.1, 0.15) is 5.75 Å². The number of nitrogens with one attached hydrogen (secondary N) is 1. The zero-order valence-corrected chi connectivity index (χ0v) is 13.7. The van der Waals surface area contributed by atoms with Crippen LogP contribution in [0.5, 0.6) is 5.75 Å². The van der Waals surface area contributed by atoms with Crippen molar-refractivity contribution >= 4 is 11.6 Å². The quantitative estimate of drug-likeness (QED) is 0.683. The fourth-order valence-electron chi connectivity index (χ4n) is 2.97. The summed E-state index contributed by atoms with van der Waals surface area (Å²) in [7, 11) is 3.59. The third kappa shape index (κ3) is 3.29. The van der Waals surface area contributed by atoms with E-state index in [0.717, 1.165) is 43.8 Å². The second-order valence-corrected chi connectivity index (χ2v) is 6.19. The first kappa shape index (κ1) is 15.0. The molecular weight excluding hydrogens is 276 g/mol. The Morgan fingerprint density at radius 1 is 1.27 bits per heavy atom. The van der Waals surface area contributed by atoms with Crippen LogP contribution >= 0.6 is 0 Å². The first-order chi connectivity index (χ1) is 10.7. The summed E-state index contributed by atoms with van der Waals surface area (Å²) >= 11 is 0. The predicted octanol–water partition coefficient (Wildman–Crippen LogP) is 1.80. The van der Waals surface area contributed by atoms with Gasteiger partial charge in [0.25, 0.3) is 0 Å². The topological polar surface area (TPSA) is 40.1 Å². The molecule has 1 aromatic carbocycles. The minimum Gasteiger partial charge on any atom is -0.497 e. The van der Waals surface area contributed by atoms with Crippen LogP contribution in [0, 0.1) is 5.92 Å². The number of benzene rings is 1. The summed E-state index contributed by atoms with van der Waals surface area (Å²) in [5.74, 6) is 2.76. The SMILES string of the molecule is CN=C(NC1CC1C)N1CCN(c2cccc(OC)c2)CC1. The zero-order valence-electron chi connectivity index (χ0n) is 13.7. The number of piperazine rings is 1. The van der Waals surface area contributed by atoms with E-state index in [1.807, 2.05) is 13.1 Å². The number of hydrogen-bond donors (Lipinski definition) is 1. The predicted molar refractivity (Wildman–Crippen MR) is 90.8 cm³/mol. The Bertz CT molecular complexity index is 537. The number of rotatable bonds is 3. The molecule has 0 spiro atoms. The lowest BCUT2D eigenvalue weighted by Gasteiger charge is -2.37. The van der Waals surface area contributed by atoms with Gasteiger partial charge in [-0.3, -0.25) is 4.99 Å². The first-order valence-corrected chi connectivity index (χ1v) is 8.08. The molecule has 1 aliphatic carbocycles. The van der Waals surface area contributed by atoms with E-state index in [1.54, 1.807) is 7.11 Å². The molecule has 5 heteroatoms. The zero-order chi connectivity index (χ0) is 15.5. The standard InChI is InChI=1S/C17H26N4O/c1-13-11-16(13)19-17(18-2)21-9-7-20(8-10-21)14-5-4-6-15(12-14)22-3/h4-6,12-13,16H,7-11H2,1-3H3,(H,18,19). The van der Waals surface area contributed by atoms with Crippen LogP contribution in [-0.4, -0.2) is 57.2 Å². The summed E-state index contributed by atoms with van der Waals surface area (Å²) in [5, 5.41) is 3.57. The van der Waals surface area contributed by atoms with Gasteiger partial charge in [-0.25, -0.2) is 0 Å². The molecule has 1 aliphatic heterocycles. The third-order valence-corrected chi connectivity index (χ3v) is 4.63. The molecule has 0 amide bonds. The molecule has 5 nitrogen and oxygen atoms in total. The van der Waals surface area contributed by atoms with Gasteiger partial charge in [0.2, 0.25) is 0 Å². The van der Waals surface area contributed by atoms with Gasteiger partial charge in [0.15, 0.2) is 5.96 Å². The second kappa shape index (κ2) is 6.46. The molecule has 2 atom stereocenters. The molecule has 1 saturated heterocycles. The normalized spacial score (nSPS) is 25.1. The minimum absolute atomic E-state index is 0.620. The highest BCUT2D eigenvalue weighted by Gasteiger charge is 2.34. The molecule has 2 aliphatic rings. The molecule has 1 aromatic rings. The highest BCUT2D eigenvalue weighted by Crippen LogP contribution is 2.29. The van der Waals surface area contributed by atoms with Crippen molar-refractivity contribution in [1.29, 1.82) is 0 Å². The van der Waals surface area contributed by atoms with Crippen LogP contribution in [-0.2, 0) is 0 Å². The molecule has 2 unspecified atom stereocenters. The fraction of sp³-hybridized carbons (Fsp3) is 0.588. The minimum atomic E-state index is 0.620. The molecule has 120 valence electrons. The van der Waals surface area contributed by atoms with Crippen molar-refractivity contribution in [3.8, 4) is 5.75 Å². The van der Waals surface area contributed by atoms with E-state index in [9.17, 15) is 0 Å². The Morgan fingerprint density at radius 2 is 2.00 bits per heavy atom. The molecule has 1 N–H and O–H groups in total. The van der Waals surface area contributed by atoms with Gasteiger partial charge in [-0.1, -0.05) is 13.0 Å². The molecule has 1 saturated carbocycles. The number of aliphatic imine (C=N–C) groups is 1. The second-order valence-electron chi connectivity index (χ2n) is 6.19. The largest absolute Gasteiger partial charge is 0.497 e. The smallest absolute Gasteiger partial charge is 0.193 e. The number of guanidine groups is 1. The summed E-state index contributed by atoms with van der Waals surface area (Å²) in [6.07, 6.45) is 1.27. The van der Waals surface area contributed by atoms with Crippen LogP contribution < -0.4 is 15.0 Å². The Morgan fingerprint density at radius 3 is 2.59 bits per heavy atom. The molecule has 22 heavy (non-hydrogen) atoms. The highest BCUT2D eigenvalue weighted by molar-refractivity contribution is 5.80. The van der Waals surface area contributed by atoms with E-state index in [0.29, 0.717) is 6.04 Å². The Kier molecular flexibility index (Phi) is 4.41. The summed E-state index contributed by atoms with van der Waals surface area (Å²) in [6.45, 7) is 6.30. The van der Waals surface area contributed by atoms with Crippen molar-refractivity contribution in [3.63, 3.8) is 0 Å². The number of methoxy groups -OCH3 is 1. The van der Waals surface area contributed by atoms with Crippen molar-refractivity contribution in [2.75, 3.05) is 45.2 Å². The molecule has 0 radical (unpaired) electrons. The van der Waals surface area contributed by atoms with Crippen LogP contribution in [0.25, 0.3) is 0 Å². The van der Waals surface area contributed by atoms with E-state index in [-0.39, 0.29) is 0 Å². The molecule has 0 bridgehead atoms. The molecular formula is C17H26N4O. The van der Waals surface area contributed by atoms with Gasteiger partial charge in [0, 0.05) is 51.0 Å². The van der Waals surface area contributed by atoms with Crippen LogP contribution in [0.1, 0.15) is 13.3 Å². The molecule has 1 heterocycles. The number of hydrogen-bond acceptors (Lipinski definition) is 3. The number of ether oxygens (including phenoxy) is 1. The van der Waals surface area contributed by atoms with E-state index in [1.165, 1.54) is 12.1 Å². The maximum Gasteiger partial charge on any atom is 0.193 e. The van der Waals surface area contributed by atoms with Crippen LogP contribution in [0.4, 0.5) is 5.69 Å². The molecule has 0 aromatic heterocycles. The maximum atomic E-state index is 5.32. The lowest BCUT2D eigenvalue weighted by Crippen LogP contribution is -2.53. The van der Waals surface area contributed by atoms with Crippen molar-refractivity contribution in [2.45, 2.75) is 19.4 Å². The fourth-order valence-corrected chi connectivity index (χ4v) is 2.97. The summed E-state index contributed by atoms with van der Waals surface area (Å²) in [6, 6.07) is 8.92. The molecule has 3 rings (SSSR count). The average molecular weight is 302 g/mol. The van der Waals surface area contributed by atoms with Crippen molar-refractivity contribution in [2.24, 2.45) is 10.9 Å². The Balaban J connectivity index is 1.57. The van der Waals surface area contributed by atoms with Gasteiger partial charge >= 0.3 is 0 Å². The Hall–Kier alpha value is -1.91. The van der Waals surface area contributed by atoms with Gasteiger partial charge < -0.3 is 19.9 Å². The monoisotopic (exact) mass is 302 g/mol. The van der Waals surface area contributed by atoms with Gasteiger partial charge in [-0.15, -0.1) is 0 Å². The van der Waals surface area contributed by atoms with Gasteiger partial charge in [-0.05, 0) is 24.5 Å². The van der Waals surface area contributed by atoms with Crippen LogP contribution in [0.3, 0.4) is 0 Å². The summed E-state index contributed by atoms with van der Waals surface area (Å²) in [4.78, 5) is 9.22. The van der Waals surface area contributed by atoms with Crippen LogP contribution in [0.2, 0.25) is 0 Å². The van der Waals surface area contributed by atoms with E-state index in [4.69, 9.17) is 4.74 Å². The van der Waals surface area contributed by atoms with Crippen LogP contribution in [0.15, 0.2) is 29.3 Å². The third-order valence-electron chi connectivity index (χ3n) is 4.63. The first-order valence-electron chi connectivity index (χ1n) is 8.08. The summed E-state index contributed by atoms with van der Waals surface area (Å²) < 4.78 is 5.32. The van der Waals surface area contributed by atoms with E-state index < -0.39 is 0 Å². The average Bonchev–Trinajstić information content (AvgIpc) is 3.28. The number of nitrogens with zero attached hydrogens (tertiary/aromatic N) is 3.